The van der Waals surface area contributed by atoms with Crippen LogP contribution in [0.1, 0.15) is 67.2 Å². The molecule has 2 aromatic heterocycles. The number of aromatic nitrogens is 4. The lowest BCUT2D eigenvalue weighted by molar-refractivity contribution is -0.139. The Morgan fingerprint density at radius 1 is 1.14 bits per heavy atom. The van der Waals surface area contributed by atoms with Crippen molar-refractivity contribution in [2.24, 2.45) is 5.92 Å². The van der Waals surface area contributed by atoms with E-state index in [1.807, 2.05) is 16.5 Å². The summed E-state index contributed by atoms with van der Waals surface area (Å²) in [5, 5.41) is 8.05. The molecule has 2 saturated carbocycles. The number of hydrogen-bond acceptors (Lipinski definition) is 5. The van der Waals surface area contributed by atoms with Gasteiger partial charge in [0.1, 0.15) is 0 Å². The number of nitrogens with zero attached hydrogens (tertiary/aromatic N) is 5. The third kappa shape index (κ3) is 3.38. The minimum atomic E-state index is 0.263. The van der Waals surface area contributed by atoms with Crippen molar-refractivity contribution in [3.8, 4) is 0 Å². The van der Waals surface area contributed by atoms with Gasteiger partial charge in [-0.2, -0.15) is 5.10 Å². The topological polar surface area (TPSA) is 75.9 Å². The quantitative estimate of drug-likeness (QED) is 0.863. The van der Waals surface area contributed by atoms with Gasteiger partial charge in [0.15, 0.2) is 0 Å². The second-order valence-corrected chi connectivity index (χ2v) is 8.48. The van der Waals surface area contributed by atoms with Gasteiger partial charge in [-0.25, -0.2) is 9.97 Å². The monoisotopic (exact) mass is 380 g/mol. The molecule has 7 heteroatoms. The van der Waals surface area contributed by atoms with E-state index in [-0.39, 0.29) is 5.92 Å². The Hall–Kier alpha value is -2.44. The van der Waals surface area contributed by atoms with Crippen LogP contribution < -0.4 is 5.32 Å². The normalized spacial score (nSPS) is 19.7. The summed E-state index contributed by atoms with van der Waals surface area (Å²) in [6.07, 6.45) is 7.09. The number of rotatable bonds is 5. The highest BCUT2D eigenvalue weighted by atomic mass is 16.2. The van der Waals surface area contributed by atoms with Crippen molar-refractivity contribution in [2.45, 2.75) is 71.0 Å². The third-order valence-corrected chi connectivity index (χ3v) is 6.44. The van der Waals surface area contributed by atoms with Crippen LogP contribution >= 0.6 is 0 Å². The van der Waals surface area contributed by atoms with Crippen molar-refractivity contribution in [3.63, 3.8) is 0 Å². The fourth-order valence-electron chi connectivity index (χ4n) is 4.27. The number of carbonyl (C=O) groups is 1. The Kier molecular flexibility index (Phi) is 4.53. The van der Waals surface area contributed by atoms with E-state index >= 15 is 0 Å². The molecule has 0 saturated heterocycles. The van der Waals surface area contributed by atoms with Crippen LogP contribution in [-0.2, 0) is 24.4 Å². The molecule has 1 amide bonds. The first-order chi connectivity index (χ1) is 13.7. The molecule has 3 aliphatic rings. The predicted molar refractivity (Wildman–Crippen MR) is 106 cm³/mol. The summed E-state index contributed by atoms with van der Waals surface area (Å²) in [7, 11) is 0. The third-order valence-electron chi connectivity index (χ3n) is 6.44. The summed E-state index contributed by atoms with van der Waals surface area (Å²) >= 11 is 0. The summed E-state index contributed by atoms with van der Waals surface area (Å²) in [5.74, 6) is 1.88. The lowest BCUT2D eigenvalue weighted by Gasteiger charge is -2.34. The van der Waals surface area contributed by atoms with Gasteiger partial charge in [0.25, 0.3) is 0 Å². The van der Waals surface area contributed by atoms with E-state index in [9.17, 15) is 4.79 Å². The minimum Gasteiger partial charge on any atom is -0.348 e. The first-order valence-corrected chi connectivity index (χ1v) is 10.6. The van der Waals surface area contributed by atoms with Gasteiger partial charge >= 0.3 is 0 Å². The minimum absolute atomic E-state index is 0.263. The predicted octanol–water partition coefficient (Wildman–Crippen LogP) is 3.00. The molecule has 0 unspecified atom stereocenters. The summed E-state index contributed by atoms with van der Waals surface area (Å²) in [6.45, 7) is 4.85. The molecule has 1 aliphatic heterocycles. The molecule has 3 heterocycles. The van der Waals surface area contributed by atoms with E-state index in [1.54, 1.807) is 0 Å². The maximum absolute atomic E-state index is 12.5. The van der Waals surface area contributed by atoms with Crippen LogP contribution in [-0.4, -0.2) is 37.1 Å². The standard InChI is InChI=1S/C21H28N6O/c1-14-10-19(15-4-2-5-15)24-21(23-14)22-12-17-11-18-13-26(8-9-27(18)25-17)20(28)16-6-3-7-16/h10-11,15-16H,2-9,12-13H2,1H3,(H,22,23,24). The Labute approximate surface area is 165 Å². The molecule has 0 atom stereocenters. The molecule has 0 aromatic carbocycles. The zero-order valence-corrected chi connectivity index (χ0v) is 16.5. The summed E-state index contributed by atoms with van der Waals surface area (Å²) in [4.78, 5) is 23.8. The van der Waals surface area contributed by atoms with Crippen LogP contribution in [0.15, 0.2) is 12.1 Å². The summed E-state index contributed by atoms with van der Waals surface area (Å²) < 4.78 is 2.04. The molecule has 2 fully saturated rings. The van der Waals surface area contributed by atoms with Crippen molar-refractivity contribution in [2.75, 3.05) is 11.9 Å². The molecule has 0 spiro atoms. The highest BCUT2D eigenvalue weighted by molar-refractivity contribution is 5.79. The lowest BCUT2D eigenvalue weighted by atomic mass is 9.83. The van der Waals surface area contributed by atoms with E-state index in [4.69, 9.17) is 10.1 Å². The van der Waals surface area contributed by atoms with Crippen molar-refractivity contribution in [1.82, 2.24) is 24.6 Å². The molecular weight excluding hydrogens is 352 g/mol. The van der Waals surface area contributed by atoms with Gasteiger partial charge in [-0.1, -0.05) is 12.8 Å². The molecule has 2 aliphatic carbocycles. The van der Waals surface area contributed by atoms with Gasteiger partial charge in [-0.05, 0) is 44.7 Å². The van der Waals surface area contributed by atoms with Gasteiger partial charge in [0, 0.05) is 29.8 Å². The van der Waals surface area contributed by atoms with E-state index in [1.165, 1.54) is 25.7 Å². The highest BCUT2D eigenvalue weighted by Gasteiger charge is 2.31. The average molecular weight is 380 g/mol. The molecule has 0 bridgehead atoms. The molecule has 5 rings (SSSR count). The van der Waals surface area contributed by atoms with Crippen LogP contribution in [0, 0.1) is 12.8 Å². The van der Waals surface area contributed by atoms with Gasteiger partial charge in [-0.15, -0.1) is 0 Å². The number of carbonyl (C=O) groups excluding carboxylic acids is 1. The van der Waals surface area contributed by atoms with E-state index in [2.05, 4.69) is 22.4 Å². The molecular formula is C21H28N6O. The summed E-state index contributed by atoms with van der Waals surface area (Å²) in [5.41, 5.74) is 4.27. The van der Waals surface area contributed by atoms with Crippen LogP contribution in [0.4, 0.5) is 5.95 Å². The Morgan fingerprint density at radius 2 is 1.96 bits per heavy atom. The zero-order valence-electron chi connectivity index (χ0n) is 16.5. The van der Waals surface area contributed by atoms with Gasteiger partial charge in [-0.3, -0.25) is 9.48 Å². The van der Waals surface area contributed by atoms with Gasteiger partial charge in [0.2, 0.25) is 11.9 Å². The second kappa shape index (κ2) is 7.18. The maximum atomic E-state index is 12.5. The Bertz CT molecular complexity index is 883. The first-order valence-electron chi connectivity index (χ1n) is 10.6. The number of fused-ring (bicyclic) bond motifs is 1. The number of amides is 1. The average Bonchev–Trinajstić information content (AvgIpc) is 2.98. The zero-order chi connectivity index (χ0) is 19.1. The highest BCUT2D eigenvalue weighted by Crippen LogP contribution is 2.35. The SMILES string of the molecule is Cc1cc(C2CCC2)nc(NCc2cc3n(n2)CCN(C(=O)C2CCC2)C3)n1. The van der Waals surface area contributed by atoms with Gasteiger partial charge in [0.05, 0.1) is 31.0 Å². The van der Waals surface area contributed by atoms with Crippen LogP contribution in [0.25, 0.3) is 0 Å². The van der Waals surface area contributed by atoms with Crippen molar-refractivity contribution < 1.29 is 4.79 Å². The fraction of sp³-hybridized carbons (Fsp3) is 0.619. The first kappa shape index (κ1) is 17.6. The van der Waals surface area contributed by atoms with Crippen molar-refractivity contribution in [1.29, 1.82) is 0 Å². The van der Waals surface area contributed by atoms with Gasteiger partial charge < -0.3 is 10.2 Å². The molecule has 7 nitrogen and oxygen atoms in total. The second-order valence-electron chi connectivity index (χ2n) is 8.48. The van der Waals surface area contributed by atoms with Crippen LogP contribution in [0.2, 0.25) is 0 Å². The molecule has 0 radical (unpaired) electrons. The van der Waals surface area contributed by atoms with Crippen LogP contribution in [0.3, 0.4) is 0 Å². The number of aryl methyl sites for hydroxylation is 1. The maximum Gasteiger partial charge on any atom is 0.226 e. The molecule has 148 valence electrons. The Morgan fingerprint density at radius 3 is 2.68 bits per heavy atom. The van der Waals surface area contributed by atoms with Crippen molar-refractivity contribution in [3.05, 3.63) is 34.9 Å². The van der Waals surface area contributed by atoms with E-state index < -0.39 is 0 Å². The fourth-order valence-corrected chi connectivity index (χ4v) is 4.27. The number of anilines is 1. The van der Waals surface area contributed by atoms with E-state index in [0.29, 0.717) is 30.9 Å². The Balaban J connectivity index is 1.23. The van der Waals surface area contributed by atoms with E-state index in [0.717, 1.165) is 48.7 Å². The molecule has 1 N–H and O–H groups in total. The molecule has 28 heavy (non-hydrogen) atoms. The van der Waals surface area contributed by atoms with Crippen molar-refractivity contribution >= 4 is 11.9 Å². The number of nitrogens with one attached hydrogen (secondary N) is 1. The van der Waals surface area contributed by atoms with Crippen LogP contribution in [0.5, 0.6) is 0 Å². The summed E-state index contributed by atoms with van der Waals surface area (Å²) in [6, 6.07) is 4.22. The smallest absolute Gasteiger partial charge is 0.226 e. The lowest BCUT2D eigenvalue weighted by Crippen LogP contribution is -2.43. The largest absolute Gasteiger partial charge is 0.348 e. The molecule has 2 aromatic rings. The number of hydrogen-bond donors (Lipinski definition) is 1.